The molecule has 2 aliphatic rings. The van der Waals surface area contributed by atoms with Gasteiger partial charge < -0.3 is 19.8 Å². The average Bonchev–Trinajstić information content (AvgIpc) is 3.11. The first-order chi connectivity index (χ1) is 17.7. The van der Waals surface area contributed by atoms with Crippen LogP contribution in [0.25, 0.3) is 0 Å². The Morgan fingerprint density at radius 3 is 2.24 bits per heavy atom. The lowest BCUT2D eigenvalue weighted by atomic mass is 9.74. The van der Waals surface area contributed by atoms with Crippen LogP contribution in [0.1, 0.15) is 34.3 Å². The van der Waals surface area contributed by atoms with Crippen LogP contribution >= 0.6 is 0 Å². The molecule has 0 aliphatic carbocycles. The fraction of sp³-hybridized carbons (Fsp3) is 0.481. The number of carboxylic acid groups (broad SMARTS) is 1. The van der Waals surface area contributed by atoms with Crippen LogP contribution in [0.5, 0.6) is 0 Å². The Bertz CT molecular complexity index is 1150. The van der Waals surface area contributed by atoms with E-state index in [-0.39, 0.29) is 17.7 Å². The first kappa shape index (κ1) is 28.9. The first-order valence-electron chi connectivity index (χ1n) is 12.3. The SMILES string of the molecule is Cc1cc(C)cc(C(=O)N2CCC[C@]3(C(=O)N(C)C)CN(c4ccccn4)C[C@@H]3C2)c1.O=C(O)C(F)(F)F. The average molecular weight is 535 g/mol. The third-order valence-corrected chi connectivity index (χ3v) is 6.99. The van der Waals surface area contributed by atoms with E-state index >= 15 is 0 Å². The highest BCUT2D eigenvalue weighted by Gasteiger charge is 2.54. The van der Waals surface area contributed by atoms with Gasteiger partial charge in [-0.1, -0.05) is 23.3 Å². The number of aromatic nitrogens is 1. The van der Waals surface area contributed by atoms with Crippen molar-refractivity contribution in [3.05, 3.63) is 59.3 Å². The smallest absolute Gasteiger partial charge is 0.475 e. The number of pyridine rings is 1. The van der Waals surface area contributed by atoms with Crippen molar-refractivity contribution in [1.29, 1.82) is 0 Å². The number of anilines is 1. The standard InChI is InChI=1S/C25H32N4O2.C2HF3O2/c1-18-12-19(2)14-20(13-18)23(30)28-11-7-9-25(24(31)27(3)4)17-29(16-21(25)15-28)22-8-5-6-10-26-22;3-2(4,5)1(6)7/h5-6,8,10,12-14,21H,7,9,11,15-17H2,1-4H3;(H,6,7)/t21-,25-;/m0./s1. The van der Waals surface area contributed by atoms with Crippen molar-refractivity contribution in [2.75, 3.05) is 45.2 Å². The molecule has 2 fully saturated rings. The van der Waals surface area contributed by atoms with E-state index in [1.54, 1.807) is 11.1 Å². The fourth-order valence-corrected chi connectivity index (χ4v) is 5.41. The summed E-state index contributed by atoms with van der Waals surface area (Å²) in [5.41, 5.74) is 2.44. The second-order valence-electron chi connectivity index (χ2n) is 10.2. The van der Waals surface area contributed by atoms with Crippen LogP contribution in [0.3, 0.4) is 0 Å². The van der Waals surface area contributed by atoms with Crippen LogP contribution in [-0.4, -0.2) is 84.1 Å². The summed E-state index contributed by atoms with van der Waals surface area (Å²) in [6.07, 6.45) is -1.68. The molecule has 2 saturated heterocycles. The number of carbonyl (C=O) groups is 3. The molecular formula is C27H33F3N4O4. The molecule has 0 radical (unpaired) electrons. The number of carbonyl (C=O) groups excluding carboxylic acids is 2. The molecule has 2 aliphatic heterocycles. The van der Waals surface area contributed by atoms with Crippen LogP contribution in [0.15, 0.2) is 42.6 Å². The van der Waals surface area contributed by atoms with Crippen molar-refractivity contribution < 1.29 is 32.7 Å². The third kappa shape index (κ3) is 6.43. The van der Waals surface area contributed by atoms with Crippen molar-refractivity contribution >= 4 is 23.6 Å². The Hall–Kier alpha value is -3.63. The minimum atomic E-state index is -5.08. The zero-order chi connectivity index (χ0) is 28.3. The molecule has 1 aromatic carbocycles. The number of nitrogens with zero attached hydrogens (tertiary/aromatic N) is 4. The Morgan fingerprint density at radius 2 is 1.71 bits per heavy atom. The van der Waals surface area contributed by atoms with Gasteiger partial charge in [0.2, 0.25) is 5.91 Å². The number of amides is 2. The molecule has 0 saturated carbocycles. The van der Waals surface area contributed by atoms with E-state index < -0.39 is 17.6 Å². The molecule has 1 aromatic heterocycles. The number of halogens is 3. The largest absolute Gasteiger partial charge is 0.490 e. The highest BCUT2D eigenvalue weighted by atomic mass is 19.4. The second kappa shape index (κ2) is 11.4. The number of hydrogen-bond donors (Lipinski definition) is 1. The number of fused-ring (bicyclic) bond motifs is 1. The van der Waals surface area contributed by atoms with Crippen molar-refractivity contribution in [3.63, 3.8) is 0 Å². The lowest BCUT2D eigenvalue weighted by Crippen LogP contribution is -2.47. The summed E-state index contributed by atoms with van der Waals surface area (Å²) in [5, 5.41) is 7.12. The van der Waals surface area contributed by atoms with Gasteiger partial charge in [0, 0.05) is 58.0 Å². The van der Waals surface area contributed by atoms with Gasteiger partial charge in [-0.05, 0) is 51.0 Å². The quantitative estimate of drug-likeness (QED) is 0.644. The molecule has 3 heterocycles. The maximum Gasteiger partial charge on any atom is 0.490 e. The number of likely N-dealkylation sites (tertiary alicyclic amines) is 1. The van der Waals surface area contributed by atoms with Gasteiger partial charge in [-0.3, -0.25) is 9.59 Å². The topological polar surface area (TPSA) is 94.1 Å². The van der Waals surface area contributed by atoms with Gasteiger partial charge in [0.05, 0.1) is 5.41 Å². The third-order valence-electron chi connectivity index (χ3n) is 6.99. The van der Waals surface area contributed by atoms with Crippen LogP contribution in [0, 0.1) is 25.2 Å². The monoisotopic (exact) mass is 534 g/mol. The Kier molecular flexibility index (Phi) is 8.68. The summed E-state index contributed by atoms with van der Waals surface area (Å²) in [5.74, 6) is -1.56. The minimum absolute atomic E-state index is 0.0659. The summed E-state index contributed by atoms with van der Waals surface area (Å²) in [6, 6.07) is 11.9. The van der Waals surface area contributed by atoms with Crippen LogP contribution in [0.2, 0.25) is 0 Å². The maximum absolute atomic E-state index is 13.4. The van der Waals surface area contributed by atoms with Crippen molar-refractivity contribution in [1.82, 2.24) is 14.8 Å². The highest BCUT2D eigenvalue weighted by Crippen LogP contribution is 2.45. The van der Waals surface area contributed by atoms with Gasteiger partial charge in [-0.2, -0.15) is 13.2 Å². The van der Waals surface area contributed by atoms with Crippen molar-refractivity contribution in [2.45, 2.75) is 32.9 Å². The van der Waals surface area contributed by atoms with E-state index in [1.165, 1.54) is 0 Å². The molecule has 0 spiro atoms. The summed E-state index contributed by atoms with van der Waals surface area (Å²) < 4.78 is 31.7. The normalized spacial score (nSPS) is 21.1. The molecule has 1 N–H and O–H groups in total. The Balaban J connectivity index is 0.000000505. The minimum Gasteiger partial charge on any atom is -0.475 e. The number of carboxylic acids is 1. The van der Waals surface area contributed by atoms with E-state index in [0.717, 1.165) is 41.9 Å². The lowest BCUT2D eigenvalue weighted by Gasteiger charge is -2.34. The van der Waals surface area contributed by atoms with Crippen LogP contribution in [-0.2, 0) is 9.59 Å². The molecule has 4 rings (SSSR count). The number of aryl methyl sites for hydroxylation is 2. The number of rotatable bonds is 3. The number of benzene rings is 1. The number of alkyl halides is 3. The molecule has 2 atom stereocenters. The highest BCUT2D eigenvalue weighted by molar-refractivity contribution is 5.95. The van der Waals surface area contributed by atoms with E-state index in [0.29, 0.717) is 19.6 Å². The van der Waals surface area contributed by atoms with Crippen LogP contribution < -0.4 is 4.90 Å². The molecule has 11 heteroatoms. The molecular weight excluding hydrogens is 501 g/mol. The van der Waals surface area contributed by atoms with Gasteiger partial charge in [0.15, 0.2) is 0 Å². The number of hydrogen-bond acceptors (Lipinski definition) is 5. The maximum atomic E-state index is 13.4. The number of aliphatic carboxylic acids is 1. The first-order valence-corrected chi connectivity index (χ1v) is 12.3. The van der Waals surface area contributed by atoms with E-state index in [1.807, 2.05) is 63.2 Å². The Morgan fingerprint density at radius 1 is 1.08 bits per heavy atom. The molecule has 2 amide bonds. The van der Waals surface area contributed by atoms with E-state index in [2.05, 4.69) is 16.0 Å². The zero-order valence-corrected chi connectivity index (χ0v) is 22.0. The molecule has 0 unspecified atom stereocenters. The van der Waals surface area contributed by atoms with Gasteiger partial charge in [-0.15, -0.1) is 0 Å². The van der Waals surface area contributed by atoms with Gasteiger partial charge in [-0.25, -0.2) is 9.78 Å². The predicted molar refractivity (Wildman–Crippen MR) is 136 cm³/mol. The molecule has 206 valence electrons. The van der Waals surface area contributed by atoms with Crippen molar-refractivity contribution in [2.24, 2.45) is 11.3 Å². The lowest BCUT2D eigenvalue weighted by molar-refractivity contribution is -0.192. The second-order valence-corrected chi connectivity index (χ2v) is 10.2. The predicted octanol–water partition coefficient (Wildman–Crippen LogP) is 3.78. The summed E-state index contributed by atoms with van der Waals surface area (Å²) in [7, 11) is 3.67. The van der Waals surface area contributed by atoms with Gasteiger partial charge in [0.1, 0.15) is 5.82 Å². The van der Waals surface area contributed by atoms with Crippen molar-refractivity contribution in [3.8, 4) is 0 Å². The van der Waals surface area contributed by atoms with E-state index in [4.69, 9.17) is 9.90 Å². The van der Waals surface area contributed by atoms with Gasteiger partial charge >= 0.3 is 12.1 Å². The van der Waals surface area contributed by atoms with Crippen LogP contribution in [0.4, 0.5) is 19.0 Å². The molecule has 0 bridgehead atoms. The summed E-state index contributed by atoms with van der Waals surface area (Å²) >= 11 is 0. The summed E-state index contributed by atoms with van der Waals surface area (Å²) in [4.78, 5) is 46.2. The summed E-state index contributed by atoms with van der Waals surface area (Å²) in [6.45, 7) is 6.71. The molecule has 8 nitrogen and oxygen atoms in total. The molecule has 2 aromatic rings. The Labute approximate surface area is 220 Å². The van der Waals surface area contributed by atoms with Gasteiger partial charge in [0.25, 0.3) is 5.91 Å². The molecule has 38 heavy (non-hydrogen) atoms. The fourth-order valence-electron chi connectivity index (χ4n) is 5.41. The zero-order valence-electron chi connectivity index (χ0n) is 22.0. The van der Waals surface area contributed by atoms with E-state index in [9.17, 15) is 22.8 Å².